The van der Waals surface area contributed by atoms with E-state index >= 15 is 0 Å². The molecule has 4 nitrogen and oxygen atoms in total. The van der Waals surface area contributed by atoms with Crippen molar-refractivity contribution in [3.63, 3.8) is 0 Å². The van der Waals surface area contributed by atoms with Crippen molar-refractivity contribution in [3.8, 4) is 23.8 Å². The van der Waals surface area contributed by atoms with Gasteiger partial charge < -0.3 is 4.74 Å². The van der Waals surface area contributed by atoms with Gasteiger partial charge >= 0.3 is 0 Å². The van der Waals surface area contributed by atoms with E-state index in [0.29, 0.717) is 41.5 Å². The number of rotatable bonds is 12. The first-order valence-corrected chi connectivity index (χ1v) is 11.8. The predicted molar refractivity (Wildman–Crippen MR) is 136 cm³/mol. The molecule has 0 amide bonds. The molecule has 34 heavy (non-hydrogen) atoms. The lowest BCUT2D eigenvalue weighted by molar-refractivity contribution is -0.117. The molecule has 3 rings (SSSR count). The number of nitrogens with zero attached hydrogens (tertiary/aromatic N) is 1. The zero-order valence-corrected chi connectivity index (χ0v) is 20.1. The summed E-state index contributed by atoms with van der Waals surface area (Å²) >= 11 is 6.06. The fraction of sp³-hybridized carbons (Fsp3) is 0.276. The van der Waals surface area contributed by atoms with Crippen molar-refractivity contribution in [2.24, 2.45) is 0 Å². The lowest BCUT2D eigenvalue weighted by Gasteiger charge is -2.08. The number of aromatic nitrogens is 1. The van der Waals surface area contributed by atoms with Gasteiger partial charge in [0, 0.05) is 43.0 Å². The minimum absolute atomic E-state index is 0.00380. The van der Waals surface area contributed by atoms with Crippen LogP contribution in [0.15, 0.2) is 60.8 Å². The number of unbranched alkanes of at least 4 members (excludes halogenated alkanes) is 3. The number of hydrogen-bond donors (Lipinski definition) is 0. The minimum atomic E-state index is -0.00380. The maximum Gasteiger partial charge on any atom is 0.181 e. The maximum absolute atomic E-state index is 12.5. The molecule has 0 fully saturated rings. The van der Waals surface area contributed by atoms with Crippen molar-refractivity contribution in [2.75, 3.05) is 0 Å². The van der Waals surface area contributed by atoms with Crippen LogP contribution in [0.25, 0.3) is 0 Å². The highest BCUT2D eigenvalue weighted by atomic mass is 35.5. The number of benzene rings is 2. The largest absolute Gasteiger partial charge is 0.457 e. The molecular formula is C29H28ClNO3. The van der Waals surface area contributed by atoms with Crippen LogP contribution in [0.5, 0.6) is 11.5 Å². The van der Waals surface area contributed by atoms with Crippen LogP contribution in [0.1, 0.15) is 59.3 Å². The smallest absolute Gasteiger partial charge is 0.181 e. The van der Waals surface area contributed by atoms with Crippen LogP contribution in [-0.2, 0) is 17.6 Å². The van der Waals surface area contributed by atoms with Crippen LogP contribution in [0.2, 0.25) is 5.02 Å². The van der Waals surface area contributed by atoms with Gasteiger partial charge in [-0.3, -0.25) is 14.6 Å². The van der Waals surface area contributed by atoms with Gasteiger partial charge in [-0.15, -0.1) is 12.3 Å². The second-order valence-corrected chi connectivity index (χ2v) is 8.69. The van der Waals surface area contributed by atoms with E-state index in [4.69, 9.17) is 22.8 Å². The first-order valence-electron chi connectivity index (χ1n) is 11.4. The van der Waals surface area contributed by atoms with Crippen molar-refractivity contribution in [2.45, 2.75) is 51.9 Å². The van der Waals surface area contributed by atoms with Gasteiger partial charge in [0.05, 0.1) is 0 Å². The van der Waals surface area contributed by atoms with Crippen LogP contribution in [0, 0.1) is 19.3 Å². The van der Waals surface area contributed by atoms with Gasteiger partial charge in [0.25, 0.3) is 0 Å². The van der Waals surface area contributed by atoms with Crippen LogP contribution >= 0.6 is 11.6 Å². The number of pyridine rings is 1. The third-order valence-electron chi connectivity index (χ3n) is 5.43. The summed E-state index contributed by atoms with van der Waals surface area (Å²) in [7, 11) is 0. The van der Waals surface area contributed by atoms with Gasteiger partial charge in [0.1, 0.15) is 23.0 Å². The van der Waals surface area contributed by atoms with Gasteiger partial charge in [-0.2, -0.15) is 0 Å². The standard InChI is InChI=1S/C29H28ClNO3/c1-3-4-5-6-7-8-29(33)28-20-26(15-16-31-28)34-25-12-9-22(10-13-25)18-24(32)19-23-11-14-27(30)21(2)17-23/h1,9-17,20H,4-8,18-19H2,2H3. The topological polar surface area (TPSA) is 56.3 Å². The summed E-state index contributed by atoms with van der Waals surface area (Å²) in [5, 5.41) is 0.702. The summed E-state index contributed by atoms with van der Waals surface area (Å²) in [6, 6.07) is 16.4. The van der Waals surface area contributed by atoms with Crippen LogP contribution in [-0.4, -0.2) is 16.6 Å². The predicted octanol–water partition coefficient (Wildman–Crippen LogP) is 6.96. The molecular weight excluding hydrogens is 446 g/mol. The Morgan fingerprint density at radius 3 is 2.41 bits per heavy atom. The summed E-state index contributed by atoms with van der Waals surface area (Å²) in [5.74, 6) is 3.91. The van der Waals surface area contributed by atoms with E-state index < -0.39 is 0 Å². The van der Waals surface area contributed by atoms with Crippen molar-refractivity contribution in [1.29, 1.82) is 0 Å². The molecule has 174 valence electrons. The summed E-state index contributed by atoms with van der Waals surface area (Å²) < 4.78 is 5.89. The fourth-order valence-corrected chi connectivity index (χ4v) is 3.71. The van der Waals surface area contributed by atoms with E-state index in [1.165, 1.54) is 0 Å². The van der Waals surface area contributed by atoms with E-state index in [2.05, 4.69) is 10.9 Å². The molecule has 1 heterocycles. The molecule has 3 aromatic rings. The quantitative estimate of drug-likeness (QED) is 0.162. The van der Waals surface area contributed by atoms with Crippen molar-refractivity contribution >= 4 is 23.2 Å². The minimum Gasteiger partial charge on any atom is -0.457 e. The van der Waals surface area contributed by atoms with Crippen LogP contribution < -0.4 is 4.74 Å². The monoisotopic (exact) mass is 473 g/mol. The van der Waals surface area contributed by atoms with E-state index in [1.54, 1.807) is 18.3 Å². The van der Waals surface area contributed by atoms with E-state index in [9.17, 15) is 9.59 Å². The Balaban J connectivity index is 1.52. The molecule has 0 aliphatic carbocycles. The number of aryl methyl sites for hydroxylation is 1. The number of halogens is 1. The van der Waals surface area contributed by atoms with Gasteiger partial charge in [-0.1, -0.05) is 42.3 Å². The van der Waals surface area contributed by atoms with Crippen LogP contribution in [0.3, 0.4) is 0 Å². The SMILES string of the molecule is C#CCCCCCC(=O)c1cc(Oc2ccc(CC(=O)Cc3ccc(Cl)c(C)c3)cc2)ccn1. The molecule has 0 aliphatic heterocycles. The van der Waals surface area contributed by atoms with Gasteiger partial charge in [-0.05, 0) is 60.7 Å². The molecule has 0 atom stereocenters. The second kappa shape index (κ2) is 12.7. The molecule has 0 bridgehead atoms. The lowest BCUT2D eigenvalue weighted by Crippen LogP contribution is -2.06. The Labute approximate surface area is 206 Å². The average Bonchev–Trinajstić information content (AvgIpc) is 2.82. The van der Waals surface area contributed by atoms with E-state index in [0.717, 1.165) is 42.4 Å². The van der Waals surface area contributed by atoms with Crippen molar-refractivity contribution in [3.05, 3.63) is 88.2 Å². The Morgan fingerprint density at radius 2 is 1.68 bits per heavy atom. The van der Waals surface area contributed by atoms with Gasteiger partial charge in [-0.25, -0.2) is 0 Å². The molecule has 0 unspecified atom stereocenters. The molecule has 1 aromatic heterocycles. The summed E-state index contributed by atoms with van der Waals surface area (Å²) in [6.45, 7) is 1.93. The summed E-state index contributed by atoms with van der Waals surface area (Å²) in [6.07, 6.45) is 11.4. The highest BCUT2D eigenvalue weighted by Gasteiger charge is 2.10. The fourth-order valence-electron chi connectivity index (χ4n) is 3.59. The van der Waals surface area contributed by atoms with Gasteiger partial charge in [0.2, 0.25) is 0 Å². The number of terminal acetylenes is 1. The molecule has 0 N–H and O–H groups in total. The first kappa shape index (κ1) is 25.2. The van der Waals surface area contributed by atoms with E-state index in [-0.39, 0.29) is 11.6 Å². The molecule has 0 spiro atoms. The number of ether oxygens (including phenoxy) is 1. The number of Topliss-reactive ketones (excluding diaryl/α,β-unsaturated/α-hetero) is 2. The highest BCUT2D eigenvalue weighted by molar-refractivity contribution is 6.31. The zero-order chi connectivity index (χ0) is 24.3. The van der Waals surface area contributed by atoms with Crippen LogP contribution in [0.4, 0.5) is 0 Å². The Bertz CT molecular complexity index is 1180. The Morgan fingerprint density at radius 1 is 0.941 bits per heavy atom. The average molecular weight is 474 g/mol. The molecule has 2 aromatic carbocycles. The molecule has 5 heteroatoms. The second-order valence-electron chi connectivity index (χ2n) is 8.29. The zero-order valence-electron chi connectivity index (χ0n) is 19.4. The Kier molecular flexibility index (Phi) is 9.43. The number of carbonyl (C=O) groups is 2. The molecule has 0 radical (unpaired) electrons. The maximum atomic E-state index is 12.5. The normalized spacial score (nSPS) is 10.5. The Hall–Kier alpha value is -3.42. The summed E-state index contributed by atoms with van der Waals surface area (Å²) in [4.78, 5) is 29.0. The van der Waals surface area contributed by atoms with Crippen molar-refractivity contribution < 1.29 is 14.3 Å². The van der Waals surface area contributed by atoms with E-state index in [1.807, 2.05) is 49.4 Å². The highest BCUT2D eigenvalue weighted by Crippen LogP contribution is 2.23. The first-order chi connectivity index (χ1) is 16.4. The van der Waals surface area contributed by atoms with Crippen molar-refractivity contribution in [1.82, 2.24) is 4.98 Å². The third kappa shape index (κ3) is 7.86. The third-order valence-corrected chi connectivity index (χ3v) is 5.85. The summed E-state index contributed by atoms with van der Waals surface area (Å²) in [5.41, 5.74) is 3.24. The number of carbonyl (C=O) groups excluding carboxylic acids is 2. The lowest BCUT2D eigenvalue weighted by atomic mass is 10.0. The molecule has 0 saturated carbocycles. The van der Waals surface area contributed by atoms with Gasteiger partial charge in [0.15, 0.2) is 5.78 Å². The number of ketones is 2. The molecule has 0 saturated heterocycles. The number of hydrogen-bond acceptors (Lipinski definition) is 4. The molecule has 0 aliphatic rings.